The number of aliphatic hydroxyl groups excluding tert-OH is 1. The van der Waals surface area contributed by atoms with Gasteiger partial charge in [-0.1, -0.05) is 23.7 Å². The lowest BCUT2D eigenvalue weighted by atomic mass is 9.96. The molecule has 1 unspecified atom stereocenters. The number of aliphatic hydroxyl groups is 1. The molecule has 0 aliphatic rings. The van der Waals surface area contributed by atoms with Gasteiger partial charge in [0.25, 0.3) is 0 Å². The quantitative estimate of drug-likeness (QED) is 0.870. The maximum Gasteiger partial charge on any atom is 0.132 e. The van der Waals surface area contributed by atoms with E-state index in [-0.39, 0.29) is 11.1 Å². The molecule has 2 aromatic rings. The molecule has 0 fully saturated rings. The van der Waals surface area contributed by atoms with E-state index in [1.807, 2.05) is 0 Å². The Balaban J connectivity index is 2.53. The fraction of sp³-hybridized carbons (Fsp3) is 0.200. The predicted octanol–water partition coefficient (Wildman–Crippen LogP) is 4.32. The SMILES string of the molecule is Cc1cc(C(O)c2cccc(Cl)c2C)c(F)cc1F. The molecule has 1 nitrogen and oxygen atoms in total. The summed E-state index contributed by atoms with van der Waals surface area (Å²) in [5, 5.41) is 10.8. The van der Waals surface area contributed by atoms with E-state index in [1.54, 1.807) is 25.1 Å². The topological polar surface area (TPSA) is 20.2 Å². The molecule has 4 heteroatoms. The van der Waals surface area contributed by atoms with E-state index < -0.39 is 17.7 Å². The monoisotopic (exact) mass is 282 g/mol. The number of rotatable bonds is 2. The number of benzene rings is 2. The van der Waals surface area contributed by atoms with Crippen molar-refractivity contribution < 1.29 is 13.9 Å². The molecule has 0 heterocycles. The van der Waals surface area contributed by atoms with Gasteiger partial charge >= 0.3 is 0 Å². The molecule has 0 saturated carbocycles. The van der Waals surface area contributed by atoms with Crippen LogP contribution in [0.2, 0.25) is 5.02 Å². The second-order valence-electron chi connectivity index (χ2n) is 4.48. The summed E-state index contributed by atoms with van der Waals surface area (Å²) in [5.41, 5.74) is 1.52. The van der Waals surface area contributed by atoms with Crippen LogP contribution in [0.25, 0.3) is 0 Å². The van der Waals surface area contributed by atoms with Crippen molar-refractivity contribution in [3.05, 3.63) is 69.2 Å². The smallest absolute Gasteiger partial charge is 0.132 e. The van der Waals surface area contributed by atoms with Crippen LogP contribution in [0, 0.1) is 25.5 Å². The number of halogens is 3. The van der Waals surface area contributed by atoms with E-state index >= 15 is 0 Å². The van der Waals surface area contributed by atoms with Crippen LogP contribution in [0.4, 0.5) is 8.78 Å². The van der Waals surface area contributed by atoms with Crippen LogP contribution in [0.5, 0.6) is 0 Å². The van der Waals surface area contributed by atoms with E-state index in [1.165, 1.54) is 13.0 Å². The summed E-state index contributed by atoms with van der Waals surface area (Å²) in [6.45, 7) is 3.27. The van der Waals surface area contributed by atoms with Crippen LogP contribution >= 0.6 is 11.6 Å². The molecular formula is C15H13ClF2O. The van der Waals surface area contributed by atoms with Crippen molar-refractivity contribution >= 4 is 11.6 Å². The van der Waals surface area contributed by atoms with Gasteiger partial charge in [-0.05, 0) is 42.7 Å². The van der Waals surface area contributed by atoms with Gasteiger partial charge in [-0.2, -0.15) is 0 Å². The molecule has 1 atom stereocenters. The van der Waals surface area contributed by atoms with Crippen LogP contribution < -0.4 is 0 Å². The van der Waals surface area contributed by atoms with E-state index in [0.717, 1.165) is 6.07 Å². The molecule has 2 aromatic carbocycles. The summed E-state index contributed by atoms with van der Waals surface area (Å²) in [4.78, 5) is 0. The Morgan fingerprint density at radius 3 is 2.42 bits per heavy atom. The molecule has 0 amide bonds. The molecule has 19 heavy (non-hydrogen) atoms. The van der Waals surface area contributed by atoms with E-state index in [4.69, 9.17) is 11.6 Å². The lowest BCUT2D eigenvalue weighted by molar-refractivity contribution is 0.214. The van der Waals surface area contributed by atoms with Gasteiger partial charge in [0.1, 0.15) is 17.7 Å². The zero-order valence-electron chi connectivity index (χ0n) is 10.5. The summed E-state index contributed by atoms with van der Waals surface area (Å²) in [6.07, 6.45) is -1.17. The van der Waals surface area contributed by atoms with Crippen LogP contribution in [0.1, 0.15) is 28.4 Å². The minimum Gasteiger partial charge on any atom is -0.384 e. The van der Waals surface area contributed by atoms with Gasteiger partial charge in [-0.15, -0.1) is 0 Å². The van der Waals surface area contributed by atoms with Gasteiger partial charge in [0.15, 0.2) is 0 Å². The first kappa shape index (κ1) is 14.0. The number of aryl methyl sites for hydroxylation is 1. The molecule has 0 spiro atoms. The van der Waals surface area contributed by atoms with Crippen molar-refractivity contribution in [2.24, 2.45) is 0 Å². The van der Waals surface area contributed by atoms with Crippen LogP contribution in [-0.4, -0.2) is 5.11 Å². The van der Waals surface area contributed by atoms with Crippen LogP contribution in [0.3, 0.4) is 0 Å². The van der Waals surface area contributed by atoms with Crippen LogP contribution in [0.15, 0.2) is 30.3 Å². The summed E-state index contributed by atoms with van der Waals surface area (Å²) >= 11 is 5.98. The molecule has 0 aromatic heterocycles. The van der Waals surface area contributed by atoms with Gasteiger partial charge in [-0.25, -0.2) is 8.78 Å². The maximum absolute atomic E-state index is 13.8. The Morgan fingerprint density at radius 2 is 1.74 bits per heavy atom. The molecule has 0 aliphatic carbocycles. The first-order valence-electron chi connectivity index (χ1n) is 5.80. The zero-order valence-corrected chi connectivity index (χ0v) is 11.3. The maximum atomic E-state index is 13.8. The Morgan fingerprint density at radius 1 is 1.05 bits per heavy atom. The third-order valence-corrected chi connectivity index (χ3v) is 3.59. The molecule has 0 aliphatic heterocycles. The lowest BCUT2D eigenvalue weighted by Crippen LogP contribution is -2.06. The van der Waals surface area contributed by atoms with E-state index in [2.05, 4.69) is 0 Å². The molecule has 0 radical (unpaired) electrons. The first-order chi connectivity index (χ1) is 8.91. The fourth-order valence-electron chi connectivity index (χ4n) is 1.98. The highest BCUT2D eigenvalue weighted by atomic mass is 35.5. The number of hydrogen-bond donors (Lipinski definition) is 1. The second kappa shape index (κ2) is 5.27. The standard InChI is InChI=1S/C15H13ClF2O/c1-8-6-11(14(18)7-13(8)17)15(19)10-4-3-5-12(16)9(10)2/h3-7,15,19H,1-2H3. The molecular weight excluding hydrogens is 270 g/mol. The lowest BCUT2D eigenvalue weighted by Gasteiger charge is -2.16. The zero-order chi connectivity index (χ0) is 14.2. The minimum absolute atomic E-state index is 0.0456. The highest BCUT2D eigenvalue weighted by Gasteiger charge is 2.19. The highest BCUT2D eigenvalue weighted by Crippen LogP contribution is 2.31. The van der Waals surface area contributed by atoms with Gasteiger partial charge < -0.3 is 5.11 Å². The largest absolute Gasteiger partial charge is 0.384 e. The molecule has 0 bridgehead atoms. The van der Waals surface area contributed by atoms with Gasteiger partial charge in [-0.3, -0.25) is 0 Å². The Labute approximate surface area is 115 Å². The summed E-state index contributed by atoms with van der Waals surface area (Å²) in [5.74, 6) is -1.40. The van der Waals surface area contributed by atoms with Crippen molar-refractivity contribution in [2.45, 2.75) is 20.0 Å². The Kier molecular flexibility index (Phi) is 3.88. The normalized spacial score (nSPS) is 12.5. The van der Waals surface area contributed by atoms with E-state index in [9.17, 15) is 13.9 Å². The molecule has 0 saturated heterocycles. The molecule has 1 N–H and O–H groups in total. The Bertz CT molecular complexity index is 626. The summed E-state index contributed by atoms with van der Waals surface area (Å²) in [6, 6.07) is 7.15. The fourth-order valence-corrected chi connectivity index (χ4v) is 2.16. The van der Waals surface area contributed by atoms with Gasteiger partial charge in [0, 0.05) is 16.7 Å². The van der Waals surface area contributed by atoms with Crippen molar-refractivity contribution in [1.29, 1.82) is 0 Å². The predicted molar refractivity (Wildman–Crippen MR) is 71.3 cm³/mol. The van der Waals surface area contributed by atoms with Gasteiger partial charge in [0.2, 0.25) is 0 Å². The average Bonchev–Trinajstić information content (AvgIpc) is 2.36. The third kappa shape index (κ3) is 2.62. The number of hydrogen-bond acceptors (Lipinski definition) is 1. The first-order valence-corrected chi connectivity index (χ1v) is 6.18. The van der Waals surface area contributed by atoms with Crippen molar-refractivity contribution in [3.8, 4) is 0 Å². The Hall–Kier alpha value is -1.45. The second-order valence-corrected chi connectivity index (χ2v) is 4.89. The van der Waals surface area contributed by atoms with Crippen molar-refractivity contribution in [3.63, 3.8) is 0 Å². The molecule has 2 rings (SSSR count). The van der Waals surface area contributed by atoms with Crippen molar-refractivity contribution in [2.75, 3.05) is 0 Å². The van der Waals surface area contributed by atoms with Crippen molar-refractivity contribution in [1.82, 2.24) is 0 Å². The average molecular weight is 283 g/mol. The highest BCUT2D eigenvalue weighted by molar-refractivity contribution is 6.31. The molecule has 100 valence electrons. The third-order valence-electron chi connectivity index (χ3n) is 3.18. The summed E-state index contributed by atoms with van der Waals surface area (Å²) in [7, 11) is 0. The van der Waals surface area contributed by atoms with Crippen LogP contribution in [-0.2, 0) is 0 Å². The van der Waals surface area contributed by atoms with Gasteiger partial charge in [0.05, 0.1) is 0 Å². The minimum atomic E-state index is -1.17. The summed E-state index contributed by atoms with van der Waals surface area (Å²) < 4.78 is 27.0. The van der Waals surface area contributed by atoms with E-state index in [0.29, 0.717) is 16.1 Å².